The number of hydrogen-bond donors (Lipinski definition) is 3. The first-order valence-electron chi connectivity index (χ1n) is 9.03. The molecule has 2 aliphatic heterocycles. The Bertz CT molecular complexity index is 1020. The third kappa shape index (κ3) is 4.56. The number of fused-ring (bicyclic) bond motifs is 1. The van der Waals surface area contributed by atoms with Gasteiger partial charge in [-0.15, -0.1) is 27.1 Å². The van der Waals surface area contributed by atoms with Crippen molar-refractivity contribution in [2.45, 2.75) is 28.7 Å². The summed E-state index contributed by atoms with van der Waals surface area (Å²) in [6, 6.07) is -0.792. The molecule has 164 valence electrons. The van der Waals surface area contributed by atoms with Crippen molar-refractivity contribution >= 4 is 52.6 Å². The van der Waals surface area contributed by atoms with Gasteiger partial charge in [-0.05, 0) is 22.5 Å². The minimum absolute atomic E-state index is 0.0288. The van der Waals surface area contributed by atoms with E-state index in [-0.39, 0.29) is 12.2 Å². The third-order valence-corrected chi connectivity index (χ3v) is 7.98. The molecule has 13 nitrogen and oxygen atoms in total. The summed E-state index contributed by atoms with van der Waals surface area (Å²) in [4.78, 5) is 38.0. The van der Waals surface area contributed by atoms with Crippen LogP contribution in [-0.2, 0) is 27.3 Å². The molecule has 2 aromatic heterocycles. The molecule has 0 spiro atoms. The number of amides is 2. The van der Waals surface area contributed by atoms with Crippen LogP contribution in [-0.4, -0.2) is 87.7 Å². The van der Waals surface area contributed by atoms with Crippen LogP contribution in [0.4, 0.5) is 0 Å². The van der Waals surface area contributed by atoms with E-state index in [0.29, 0.717) is 30.0 Å². The van der Waals surface area contributed by atoms with Crippen molar-refractivity contribution in [2.75, 3.05) is 18.1 Å². The summed E-state index contributed by atoms with van der Waals surface area (Å²) < 4.78 is 1.95. The number of nitrogens with zero attached hydrogens (tertiary/aromatic N) is 7. The van der Waals surface area contributed by atoms with Gasteiger partial charge in [-0.3, -0.25) is 14.5 Å². The maximum atomic E-state index is 12.7. The fraction of sp³-hybridized carbons (Fsp3) is 0.467. The molecule has 1 fully saturated rings. The van der Waals surface area contributed by atoms with Crippen molar-refractivity contribution in [1.29, 1.82) is 0 Å². The van der Waals surface area contributed by atoms with Crippen LogP contribution in [0.5, 0.6) is 0 Å². The van der Waals surface area contributed by atoms with Crippen LogP contribution in [0.2, 0.25) is 0 Å². The zero-order valence-electron chi connectivity index (χ0n) is 15.9. The molecule has 2 aliphatic rings. The molecule has 2 atom stereocenters. The summed E-state index contributed by atoms with van der Waals surface area (Å²) in [5, 5.41) is 31.4. The van der Waals surface area contributed by atoms with Gasteiger partial charge in [-0.1, -0.05) is 23.1 Å². The number of carbonyl (C=O) groups is 3. The molecule has 4 heterocycles. The molecule has 2 aromatic rings. The smallest absolute Gasteiger partial charge is 0.352 e. The standard InChI is InChI=1S/C15H17N9O4S3/c16-2-1-9-19-20-15(31-9)30-5-7-4-29-13-10(12(26)24(13)11(7)14(27)28)18-8(25)3-23-6-17-21-22-23/h6,10,13H,1-5,16H2,(H,18,25)(H,27,28)/t10?,13-/m0/s1. The van der Waals surface area contributed by atoms with Gasteiger partial charge < -0.3 is 16.2 Å². The lowest BCUT2D eigenvalue weighted by Crippen LogP contribution is -2.70. The van der Waals surface area contributed by atoms with Crippen molar-refractivity contribution in [1.82, 2.24) is 40.6 Å². The van der Waals surface area contributed by atoms with Crippen molar-refractivity contribution in [3.8, 4) is 0 Å². The monoisotopic (exact) mass is 483 g/mol. The highest BCUT2D eigenvalue weighted by Crippen LogP contribution is 2.41. The highest BCUT2D eigenvalue weighted by molar-refractivity contribution is 8.01. The summed E-state index contributed by atoms with van der Waals surface area (Å²) in [5.41, 5.74) is 6.12. The molecule has 4 rings (SSSR count). The van der Waals surface area contributed by atoms with Crippen LogP contribution in [0.1, 0.15) is 5.01 Å². The van der Waals surface area contributed by atoms with E-state index in [1.807, 2.05) is 0 Å². The zero-order valence-corrected chi connectivity index (χ0v) is 18.3. The molecule has 31 heavy (non-hydrogen) atoms. The average Bonchev–Trinajstić information content (AvgIpc) is 3.42. The minimum Gasteiger partial charge on any atom is -0.477 e. The molecule has 16 heteroatoms. The predicted molar refractivity (Wildman–Crippen MR) is 111 cm³/mol. The number of aliphatic carboxylic acids is 1. The number of carbonyl (C=O) groups excluding carboxylic acids is 2. The first-order valence-corrected chi connectivity index (χ1v) is 11.9. The second kappa shape index (κ2) is 9.29. The molecule has 2 amide bonds. The summed E-state index contributed by atoms with van der Waals surface area (Å²) in [6.07, 6.45) is 1.93. The predicted octanol–water partition coefficient (Wildman–Crippen LogP) is -1.44. The SMILES string of the molecule is NCCc1nnc(SCC2=C(C(=O)O)N3C(=O)C(NC(=O)Cn4cnnn4)[C@@H]3SC2)s1. The Morgan fingerprint density at radius 1 is 1.39 bits per heavy atom. The Morgan fingerprint density at radius 2 is 2.23 bits per heavy atom. The molecule has 0 aliphatic carbocycles. The quantitative estimate of drug-likeness (QED) is 0.279. The number of nitrogens with one attached hydrogen (secondary N) is 1. The van der Waals surface area contributed by atoms with Gasteiger partial charge in [-0.2, -0.15) is 0 Å². The Labute approximate surface area is 187 Å². The van der Waals surface area contributed by atoms with E-state index < -0.39 is 29.2 Å². The van der Waals surface area contributed by atoms with Gasteiger partial charge >= 0.3 is 5.97 Å². The summed E-state index contributed by atoms with van der Waals surface area (Å²) in [6.45, 7) is 0.349. The van der Waals surface area contributed by atoms with Gasteiger partial charge in [0, 0.05) is 17.9 Å². The molecule has 0 saturated carbocycles. The Kier molecular flexibility index (Phi) is 6.49. The zero-order chi connectivity index (χ0) is 22.0. The number of rotatable bonds is 9. The normalized spacial score (nSPS) is 20.4. The minimum atomic E-state index is -1.17. The van der Waals surface area contributed by atoms with Crippen molar-refractivity contribution in [3.63, 3.8) is 0 Å². The summed E-state index contributed by atoms with van der Waals surface area (Å²) >= 11 is 4.21. The van der Waals surface area contributed by atoms with Crippen LogP contribution in [0.3, 0.4) is 0 Å². The van der Waals surface area contributed by atoms with Gasteiger partial charge in [0.2, 0.25) is 5.91 Å². The van der Waals surface area contributed by atoms with Crippen LogP contribution in [0.15, 0.2) is 21.9 Å². The number of carboxylic acid groups (broad SMARTS) is 1. The van der Waals surface area contributed by atoms with Gasteiger partial charge in [0.1, 0.15) is 35.0 Å². The molecule has 1 saturated heterocycles. The van der Waals surface area contributed by atoms with Crippen LogP contribution in [0.25, 0.3) is 0 Å². The first-order chi connectivity index (χ1) is 15.0. The number of β-lactam (4-membered cyclic amide) rings is 1. The van der Waals surface area contributed by atoms with E-state index >= 15 is 0 Å². The number of tetrazole rings is 1. The highest BCUT2D eigenvalue weighted by atomic mass is 32.2. The summed E-state index contributed by atoms with van der Waals surface area (Å²) in [5.74, 6) is -1.26. The van der Waals surface area contributed by atoms with Gasteiger partial charge in [-0.25, -0.2) is 9.48 Å². The van der Waals surface area contributed by atoms with Crippen molar-refractivity contribution < 1.29 is 19.5 Å². The van der Waals surface area contributed by atoms with E-state index in [4.69, 9.17) is 5.73 Å². The van der Waals surface area contributed by atoms with E-state index in [1.54, 1.807) is 0 Å². The first kappa shape index (κ1) is 21.7. The largest absolute Gasteiger partial charge is 0.477 e. The van der Waals surface area contributed by atoms with E-state index in [1.165, 1.54) is 50.8 Å². The second-order valence-electron chi connectivity index (χ2n) is 6.51. The van der Waals surface area contributed by atoms with E-state index in [9.17, 15) is 19.5 Å². The molecule has 0 radical (unpaired) electrons. The fourth-order valence-corrected chi connectivity index (χ4v) is 6.48. The molecule has 4 N–H and O–H groups in total. The summed E-state index contributed by atoms with van der Waals surface area (Å²) in [7, 11) is 0. The highest BCUT2D eigenvalue weighted by Gasteiger charge is 2.54. The number of aromatic nitrogens is 6. The van der Waals surface area contributed by atoms with Crippen molar-refractivity contribution in [2.24, 2.45) is 5.73 Å². The number of carboxylic acids is 1. The lowest BCUT2D eigenvalue weighted by molar-refractivity contribution is -0.150. The topological polar surface area (TPSA) is 182 Å². The molecule has 1 unspecified atom stereocenters. The van der Waals surface area contributed by atoms with Crippen LogP contribution in [0, 0.1) is 0 Å². The molecule has 0 bridgehead atoms. The van der Waals surface area contributed by atoms with Crippen LogP contribution >= 0.6 is 34.9 Å². The molecular formula is C15H17N9O4S3. The maximum Gasteiger partial charge on any atom is 0.352 e. The average molecular weight is 484 g/mol. The number of thioether (sulfide) groups is 2. The maximum absolute atomic E-state index is 12.7. The Hall–Kier alpha value is -2.56. The Morgan fingerprint density at radius 3 is 2.94 bits per heavy atom. The third-order valence-electron chi connectivity index (χ3n) is 4.44. The van der Waals surface area contributed by atoms with E-state index in [0.717, 1.165) is 9.35 Å². The Balaban J connectivity index is 1.41. The fourth-order valence-electron chi connectivity index (χ4n) is 3.08. The van der Waals surface area contributed by atoms with Crippen molar-refractivity contribution in [3.05, 3.63) is 22.6 Å². The lowest BCUT2D eigenvalue weighted by atomic mass is 10.0. The van der Waals surface area contributed by atoms with Gasteiger partial charge in [0.05, 0.1) is 0 Å². The van der Waals surface area contributed by atoms with E-state index in [2.05, 4.69) is 31.0 Å². The number of nitrogens with two attached hydrogens (primary N) is 1. The van der Waals surface area contributed by atoms with Gasteiger partial charge in [0.15, 0.2) is 4.34 Å². The lowest BCUT2D eigenvalue weighted by Gasteiger charge is -2.49. The number of hydrogen-bond acceptors (Lipinski definition) is 12. The molecular weight excluding hydrogens is 466 g/mol. The second-order valence-corrected chi connectivity index (χ2v) is 9.90. The molecule has 0 aromatic carbocycles. The van der Waals surface area contributed by atoms with Gasteiger partial charge in [0.25, 0.3) is 5.91 Å². The van der Waals surface area contributed by atoms with Crippen LogP contribution < -0.4 is 11.1 Å².